The molecular weight excluding hydrogens is 386 g/mol. The van der Waals surface area contributed by atoms with E-state index in [2.05, 4.69) is 27.6 Å². The van der Waals surface area contributed by atoms with Gasteiger partial charge < -0.3 is 15.9 Å². The summed E-state index contributed by atoms with van der Waals surface area (Å²) in [6.07, 6.45) is 1.81. The first-order valence-corrected chi connectivity index (χ1v) is 10.4. The maximum absolute atomic E-state index is 12.3. The van der Waals surface area contributed by atoms with Crippen LogP contribution < -0.4 is 15.9 Å². The number of thioether (sulfide) groups is 1. The second kappa shape index (κ2) is 9.97. The highest BCUT2D eigenvalue weighted by Gasteiger charge is 2.15. The van der Waals surface area contributed by atoms with E-state index in [-0.39, 0.29) is 17.7 Å². The number of nitrogens with zero attached hydrogens (tertiary/aromatic N) is 3. The van der Waals surface area contributed by atoms with Crippen molar-refractivity contribution >= 4 is 17.7 Å². The molecule has 8 heteroatoms. The minimum Gasteiger partial charge on any atom is -0.497 e. The van der Waals surface area contributed by atoms with E-state index in [0.29, 0.717) is 11.0 Å². The van der Waals surface area contributed by atoms with Crippen molar-refractivity contribution in [2.75, 3.05) is 18.7 Å². The summed E-state index contributed by atoms with van der Waals surface area (Å²) >= 11 is 1.26. The molecule has 0 spiro atoms. The molecule has 29 heavy (non-hydrogen) atoms. The molecule has 0 radical (unpaired) electrons. The number of hydrogen-bond acceptors (Lipinski definition) is 6. The second-order valence-corrected chi connectivity index (χ2v) is 7.63. The summed E-state index contributed by atoms with van der Waals surface area (Å²) in [5, 5.41) is 11.7. The van der Waals surface area contributed by atoms with Crippen LogP contribution in [0.2, 0.25) is 0 Å². The number of carbonyl (C=O) groups is 1. The molecule has 2 aromatic carbocycles. The lowest BCUT2D eigenvalue weighted by atomic mass is 10.1. The average Bonchev–Trinajstić information content (AvgIpc) is 3.12. The standard InChI is InChI=1S/C21H25N5O2S/c1-15(8-9-16-6-4-3-5-7-16)23-19(27)14-29-21-25-24-20(26(21)22)17-10-12-18(28-2)13-11-17/h3-7,10-13,15H,8-9,14,22H2,1-2H3,(H,23,27)/t15-/m0/s1. The lowest BCUT2D eigenvalue weighted by Gasteiger charge is -2.13. The van der Waals surface area contributed by atoms with Gasteiger partial charge in [-0.25, -0.2) is 4.68 Å². The Morgan fingerprint density at radius 2 is 1.90 bits per heavy atom. The monoisotopic (exact) mass is 411 g/mol. The van der Waals surface area contributed by atoms with Crippen LogP contribution in [-0.4, -0.2) is 39.7 Å². The Morgan fingerprint density at radius 1 is 1.17 bits per heavy atom. The topological polar surface area (TPSA) is 95.1 Å². The van der Waals surface area contributed by atoms with Crippen LogP contribution in [-0.2, 0) is 11.2 Å². The molecule has 0 aliphatic heterocycles. The van der Waals surface area contributed by atoms with E-state index in [1.54, 1.807) is 7.11 Å². The predicted octanol–water partition coefficient (Wildman–Crippen LogP) is 2.90. The SMILES string of the molecule is COc1ccc(-c2nnc(SCC(=O)N[C@@H](C)CCc3ccccc3)n2N)cc1. The number of aryl methyl sites for hydroxylation is 1. The van der Waals surface area contributed by atoms with E-state index >= 15 is 0 Å². The van der Waals surface area contributed by atoms with Gasteiger partial charge in [0, 0.05) is 11.6 Å². The van der Waals surface area contributed by atoms with E-state index < -0.39 is 0 Å². The van der Waals surface area contributed by atoms with Gasteiger partial charge in [0.2, 0.25) is 11.1 Å². The van der Waals surface area contributed by atoms with Gasteiger partial charge in [0.1, 0.15) is 5.75 Å². The number of aromatic nitrogens is 3. The molecular formula is C21H25N5O2S. The molecule has 0 unspecified atom stereocenters. The zero-order valence-corrected chi connectivity index (χ0v) is 17.4. The number of carbonyl (C=O) groups excluding carboxylic acids is 1. The summed E-state index contributed by atoms with van der Waals surface area (Å²) < 4.78 is 6.56. The van der Waals surface area contributed by atoms with Crippen molar-refractivity contribution in [1.29, 1.82) is 0 Å². The Kier molecular flexibility index (Phi) is 7.13. The molecule has 3 N–H and O–H groups in total. The van der Waals surface area contributed by atoms with Crippen molar-refractivity contribution in [3.63, 3.8) is 0 Å². The predicted molar refractivity (Wildman–Crippen MR) is 115 cm³/mol. The summed E-state index contributed by atoms with van der Waals surface area (Å²) in [7, 11) is 1.61. The molecule has 0 fully saturated rings. The molecule has 0 saturated carbocycles. The van der Waals surface area contributed by atoms with Crippen LogP contribution in [0.1, 0.15) is 18.9 Å². The number of nitrogen functional groups attached to an aromatic ring is 1. The van der Waals surface area contributed by atoms with Crippen LogP contribution in [0.3, 0.4) is 0 Å². The van der Waals surface area contributed by atoms with Crippen LogP contribution in [0.4, 0.5) is 0 Å². The normalized spacial score (nSPS) is 11.8. The van der Waals surface area contributed by atoms with Gasteiger partial charge in [-0.1, -0.05) is 42.1 Å². The van der Waals surface area contributed by atoms with Gasteiger partial charge in [-0.05, 0) is 49.6 Å². The third-order valence-corrected chi connectivity index (χ3v) is 5.40. The van der Waals surface area contributed by atoms with E-state index in [1.165, 1.54) is 22.0 Å². The first kappa shape index (κ1) is 20.7. The number of ether oxygens (including phenoxy) is 1. The summed E-state index contributed by atoms with van der Waals surface area (Å²) in [5.41, 5.74) is 2.09. The fourth-order valence-corrected chi connectivity index (χ4v) is 3.53. The maximum Gasteiger partial charge on any atom is 0.230 e. The lowest BCUT2D eigenvalue weighted by molar-refractivity contribution is -0.119. The van der Waals surface area contributed by atoms with Gasteiger partial charge in [-0.3, -0.25) is 4.79 Å². The third-order valence-electron chi connectivity index (χ3n) is 4.46. The summed E-state index contributed by atoms with van der Waals surface area (Å²) in [6.45, 7) is 2.01. The Bertz CT molecular complexity index is 928. The molecule has 1 atom stereocenters. The molecule has 1 aromatic heterocycles. The minimum atomic E-state index is -0.0513. The number of amides is 1. The van der Waals surface area contributed by atoms with Gasteiger partial charge >= 0.3 is 0 Å². The Labute approximate surface area is 174 Å². The Morgan fingerprint density at radius 3 is 2.59 bits per heavy atom. The molecule has 0 saturated heterocycles. The number of methoxy groups -OCH3 is 1. The van der Waals surface area contributed by atoms with E-state index in [0.717, 1.165) is 24.2 Å². The third kappa shape index (κ3) is 5.74. The molecule has 7 nitrogen and oxygen atoms in total. The fraction of sp³-hybridized carbons (Fsp3) is 0.286. The van der Waals surface area contributed by atoms with Gasteiger partial charge in [0.15, 0.2) is 5.82 Å². The number of hydrogen-bond donors (Lipinski definition) is 2. The maximum atomic E-state index is 12.3. The van der Waals surface area contributed by atoms with Gasteiger partial charge in [-0.2, -0.15) is 0 Å². The lowest BCUT2D eigenvalue weighted by Crippen LogP contribution is -2.34. The van der Waals surface area contributed by atoms with Crippen molar-refractivity contribution in [2.24, 2.45) is 0 Å². The second-order valence-electron chi connectivity index (χ2n) is 6.69. The molecule has 0 aliphatic carbocycles. The summed E-state index contributed by atoms with van der Waals surface area (Å²) in [5.74, 6) is 7.58. The number of benzene rings is 2. The quantitative estimate of drug-likeness (QED) is 0.415. The minimum absolute atomic E-state index is 0.0513. The molecule has 3 rings (SSSR count). The van der Waals surface area contributed by atoms with Crippen molar-refractivity contribution < 1.29 is 9.53 Å². The van der Waals surface area contributed by atoms with Crippen molar-refractivity contribution in [2.45, 2.75) is 31.0 Å². The van der Waals surface area contributed by atoms with Crippen molar-refractivity contribution in [1.82, 2.24) is 20.2 Å². The van der Waals surface area contributed by atoms with Crippen LogP contribution >= 0.6 is 11.8 Å². The zero-order chi connectivity index (χ0) is 20.6. The van der Waals surface area contributed by atoms with Gasteiger partial charge in [0.25, 0.3) is 0 Å². The van der Waals surface area contributed by atoms with E-state index in [9.17, 15) is 4.79 Å². The molecule has 0 bridgehead atoms. The zero-order valence-electron chi connectivity index (χ0n) is 16.5. The van der Waals surface area contributed by atoms with Crippen LogP contribution in [0.25, 0.3) is 11.4 Å². The first-order chi connectivity index (χ1) is 14.1. The highest BCUT2D eigenvalue weighted by Crippen LogP contribution is 2.23. The fourth-order valence-electron chi connectivity index (χ4n) is 2.86. The largest absolute Gasteiger partial charge is 0.497 e. The highest BCUT2D eigenvalue weighted by molar-refractivity contribution is 7.99. The van der Waals surface area contributed by atoms with Gasteiger partial charge in [-0.15, -0.1) is 10.2 Å². The molecule has 1 heterocycles. The summed E-state index contributed by atoms with van der Waals surface area (Å²) in [4.78, 5) is 12.3. The van der Waals surface area contributed by atoms with Gasteiger partial charge in [0.05, 0.1) is 12.9 Å². The average molecular weight is 412 g/mol. The van der Waals surface area contributed by atoms with E-state index in [4.69, 9.17) is 10.6 Å². The Balaban J connectivity index is 1.49. The van der Waals surface area contributed by atoms with E-state index in [1.807, 2.05) is 49.4 Å². The first-order valence-electron chi connectivity index (χ1n) is 9.38. The smallest absolute Gasteiger partial charge is 0.230 e. The molecule has 0 aliphatic rings. The Hall–Kier alpha value is -3.00. The van der Waals surface area contributed by atoms with Crippen LogP contribution in [0.5, 0.6) is 5.75 Å². The summed E-state index contributed by atoms with van der Waals surface area (Å²) in [6, 6.07) is 17.7. The molecule has 3 aromatic rings. The number of rotatable bonds is 9. The molecule has 1 amide bonds. The number of nitrogens with two attached hydrogens (primary N) is 1. The van der Waals surface area contributed by atoms with Crippen molar-refractivity contribution in [3.8, 4) is 17.1 Å². The molecule has 152 valence electrons. The highest BCUT2D eigenvalue weighted by atomic mass is 32.2. The van der Waals surface area contributed by atoms with Crippen LogP contribution in [0, 0.1) is 0 Å². The number of nitrogens with one attached hydrogen (secondary N) is 1. The van der Waals surface area contributed by atoms with Crippen LogP contribution in [0.15, 0.2) is 59.8 Å². The van der Waals surface area contributed by atoms with Crippen molar-refractivity contribution in [3.05, 3.63) is 60.2 Å².